The highest BCUT2D eigenvalue weighted by atomic mass is 16.1. The minimum atomic E-state index is 0.142. The van der Waals surface area contributed by atoms with Crippen molar-refractivity contribution < 1.29 is 4.79 Å². The number of carbonyl (C=O) groups excluding carboxylic acids is 1. The summed E-state index contributed by atoms with van der Waals surface area (Å²) in [6.45, 7) is 5.58. The van der Waals surface area contributed by atoms with Gasteiger partial charge in [-0.15, -0.1) is 0 Å². The van der Waals surface area contributed by atoms with Gasteiger partial charge in [0.05, 0.1) is 5.92 Å². The highest BCUT2D eigenvalue weighted by Crippen LogP contribution is 2.23. The summed E-state index contributed by atoms with van der Waals surface area (Å²) < 4.78 is 0. The molecule has 0 saturated carbocycles. The molecular weight excluding hydrogens is 272 g/mol. The molecule has 0 aliphatic carbocycles. The lowest BCUT2D eigenvalue weighted by atomic mass is 9.96. The van der Waals surface area contributed by atoms with E-state index in [2.05, 4.69) is 52.7 Å². The number of piperidine rings is 1. The second-order valence-corrected chi connectivity index (χ2v) is 6.11. The van der Waals surface area contributed by atoms with Crippen LogP contribution in [0.5, 0.6) is 0 Å². The van der Waals surface area contributed by atoms with Crippen molar-refractivity contribution in [2.75, 3.05) is 19.6 Å². The molecule has 1 amide bonds. The van der Waals surface area contributed by atoms with E-state index in [0.29, 0.717) is 0 Å². The Labute approximate surface area is 132 Å². The summed E-state index contributed by atoms with van der Waals surface area (Å²) in [7, 11) is 0. The number of amides is 1. The van der Waals surface area contributed by atoms with Crippen molar-refractivity contribution in [3.8, 4) is 0 Å². The zero-order valence-electron chi connectivity index (χ0n) is 13.2. The average molecular weight is 296 g/mol. The standard InChI is InChI=1S/C19H24N2O/c1-2-20-19(22)17-10-6-12-21(14-17)13-16-9-5-8-15-7-3-4-11-18(15)16/h3-5,7-9,11,17H,2,6,10,12-14H2,1H3,(H,20,22). The molecule has 1 heterocycles. The monoisotopic (exact) mass is 296 g/mol. The Morgan fingerprint density at radius 2 is 2.05 bits per heavy atom. The van der Waals surface area contributed by atoms with Crippen LogP contribution in [0, 0.1) is 5.92 Å². The van der Waals surface area contributed by atoms with Crippen LogP contribution in [0.25, 0.3) is 10.8 Å². The first-order valence-electron chi connectivity index (χ1n) is 8.24. The van der Waals surface area contributed by atoms with Crippen LogP contribution in [-0.4, -0.2) is 30.4 Å². The van der Waals surface area contributed by atoms with Crippen LogP contribution < -0.4 is 5.32 Å². The predicted molar refractivity (Wildman–Crippen MR) is 90.6 cm³/mol. The topological polar surface area (TPSA) is 32.3 Å². The van der Waals surface area contributed by atoms with Gasteiger partial charge in [-0.2, -0.15) is 0 Å². The highest BCUT2D eigenvalue weighted by molar-refractivity contribution is 5.85. The van der Waals surface area contributed by atoms with Crippen molar-refractivity contribution in [3.05, 3.63) is 48.0 Å². The van der Waals surface area contributed by atoms with E-state index in [0.717, 1.165) is 39.0 Å². The van der Waals surface area contributed by atoms with Crippen molar-refractivity contribution in [2.45, 2.75) is 26.3 Å². The van der Waals surface area contributed by atoms with Gasteiger partial charge in [0.2, 0.25) is 5.91 Å². The third-order valence-corrected chi connectivity index (χ3v) is 4.50. The van der Waals surface area contributed by atoms with Crippen LogP contribution in [0.4, 0.5) is 0 Å². The summed E-state index contributed by atoms with van der Waals surface area (Å²) in [5.41, 5.74) is 1.36. The van der Waals surface area contributed by atoms with Gasteiger partial charge in [-0.3, -0.25) is 9.69 Å². The fourth-order valence-electron chi connectivity index (χ4n) is 3.40. The SMILES string of the molecule is CCNC(=O)C1CCCN(Cc2cccc3ccccc23)C1. The zero-order valence-corrected chi connectivity index (χ0v) is 13.2. The molecule has 1 aliphatic rings. The van der Waals surface area contributed by atoms with Gasteiger partial charge in [0.25, 0.3) is 0 Å². The Balaban J connectivity index is 1.73. The second-order valence-electron chi connectivity index (χ2n) is 6.11. The number of likely N-dealkylation sites (tertiary alicyclic amines) is 1. The lowest BCUT2D eigenvalue weighted by Gasteiger charge is -2.32. The molecule has 1 atom stereocenters. The molecule has 0 radical (unpaired) electrons. The van der Waals surface area contributed by atoms with E-state index in [1.54, 1.807) is 0 Å². The van der Waals surface area contributed by atoms with Crippen LogP contribution in [-0.2, 0) is 11.3 Å². The van der Waals surface area contributed by atoms with Crippen LogP contribution in [0.3, 0.4) is 0 Å². The van der Waals surface area contributed by atoms with Gasteiger partial charge in [0.15, 0.2) is 0 Å². The van der Waals surface area contributed by atoms with E-state index in [-0.39, 0.29) is 11.8 Å². The molecule has 1 N–H and O–H groups in total. The molecule has 1 aliphatic heterocycles. The maximum Gasteiger partial charge on any atom is 0.224 e. The molecule has 3 nitrogen and oxygen atoms in total. The number of benzene rings is 2. The second kappa shape index (κ2) is 6.93. The van der Waals surface area contributed by atoms with Crippen molar-refractivity contribution >= 4 is 16.7 Å². The van der Waals surface area contributed by atoms with E-state index in [1.807, 2.05) is 6.92 Å². The lowest BCUT2D eigenvalue weighted by Crippen LogP contribution is -2.42. The van der Waals surface area contributed by atoms with Crippen molar-refractivity contribution in [1.82, 2.24) is 10.2 Å². The molecule has 116 valence electrons. The number of nitrogens with one attached hydrogen (secondary N) is 1. The van der Waals surface area contributed by atoms with E-state index < -0.39 is 0 Å². The summed E-state index contributed by atoms with van der Waals surface area (Å²) in [6.07, 6.45) is 2.12. The first-order valence-corrected chi connectivity index (χ1v) is 8.24. The molecule has 3 rings (SSSR count). The van der Waals surface area contributed by atoms with Crippen LogP contribution in [0.2, 0.25) is 0 Å². The third kappa shape index (κ3) is 3.30. The van der Waals surface area contributed by atoms with Crippen LogP contribution in [0.15, 0.2) is 42.5 Å². The smallest absolute Gasteiger partial charge is 0.224 e. The van der Waals surface area contributed by atoms with Gasteiger partial charge in [-0.1, -0.05) is 42.5 Å². The van der Waals surface area contributed by atoms with Gasteiger partial charge in [-0.25, -0.2) is 0 Å². The molecule has 3 heteroatoms. The summed E-state index contributed by atoms with van der Waals surface area (Å²) >= 11 is 0. The van der Waals surface area contributed by atoms with Crippen LogP contribution >= 0.6 is 0 Å². The molecule has 1 unspecified atom stereocenters. The quantitative estimate of drug-likeness (QED) is 0.940. The van der Waals surface area contributed by atoms with E-state index in [4.69, 9.17) is 0 Å². The molecule has 1 saturated heterocycles. The minimum absolute atomic E-state index is 0.142. The maximum absolute atomic E-state index is 12.1. The molecule has 0 spiro atoms. The molecule has 22 heavy (non-hydrogen) atoms. The fourth-order valence-corrected chi connectivity index (χ4v) is 3.40. The summed E-state index contributed by atoms with van der Waals surface area (Å²) in [5.74, 6) is 0.355. The lowest BCUT2D eigenvalue weighted by molar-refractivity contribution is -0.126. The first-order chi connectivity index (χ1) is 10.8. The van der Waals surface area contributed by atoms with Crippen LogP contribution in [0.1, 0.15) is 25.3 Å². The maximum atomic E-state index is 12.1. The van der Waals surface area contributed by atoms with Gasteiger partial charge in [0, 0.05) is 19.6 Å². The van der Waals surface area contributed by atoms with Crippen molar-refractivity contribution in [3.63, 3.8) is 0 Å². The van der Waals surface area contributed by atoms with Gasteiger partial charge in [-0.05, 0) is 42.6 Å². The molecule has 2 aromatic rings. The van der Waals surface area contributed by atoms with Crippen molar-refractivity contribution in [1.29, 1.82) is 0 Å². The summed E-state index contributed by atoms with van der Waals surface area (Å²) in [5, 5.41) is 5.58. The first kappa shape index (κ1) is 15.0. The highest BCUT2D eigenvalue weighted by Gasteiger charge is 2.25. The molecule has 1 fully saturated rings. The Morgan fingerprint density at radius 3 is 2.91 bits per heavy atom. The van der Waals surface area contributed by atoms with Gasteiger partial charge < -0.3 is 5.32 Å². The number of rotatable bonds is 4. The third-order valence-electron chi connectivity index (χ3n) is 4.50. The molecule has 0 bridgehead atoms. The summed E-state index contributed by atoms with van der Waals surface area (Å²) in [6, 6.07) is 15.0. The van der Waals surface area contributed by atoms with Gasteiger partial charge >= 0.3 is 0 Å². The van der Waals surface area contributed by atoms with Gasteiger partial charge in [0.1, 0.15) is 0 Å². The molecule has 0 aromatic heterocycles. The zero-order chi connectivity index (χ0) is 15.4. The Morgan fingerprint density at radius 1 is 1.23 bits per heavy atom. The number of carbonyl (C=O) groups is 1. The largest absolute Gasteiger partial charge is 0.356 e. The number of hydrogen-bond acceptors (Lipinski definition) is 2. The number of hydrogen-bond donors (Lipinski definition) is 1. The van der Waals surface area contributed by atoms with Crippen molar-refractivity contribution in [2.24, 2.45) is 5.92 Å². The molecule has 2 aromatic carbocycles. The number of fused-ring (bicyclic) bond motifs is 1. The summed E-state index contributed by atoms with van der Waals surface area (Å²) in [4.78, 5) is 14.5. The Kier molecular flexibility index (Phi) is 4.74. The fraction of sp³-hybridized carbons (Fsp3) is 0.421. The predicted octanol–water partition coefficient (Wildman–Crippen LogP) is 3.19. The van der Waals surface area contributed by atoms with E-state index >= 15 is 0 Å². The Hall–Kier alpha value is -1.87. The van der Waals surface area contributed by atoms with E-state index in [9.17, 15) is 4.79 Å². The minimum Gasteiger partial charge on any atom is -0.356 e. The number of nitrogens with zero attached hydrogens (tertiary/aromatic N) is 1. The molecular formula is C19H24N2O. The normalized spacial score (nSPS) is 19.2. The average Bonchev–Trinajstić information content (AvgIpc) is 2.56. The Bertz CT molecular complexity index is 647. The van der Waals surface area contributed by atoms with E-state index in [1.165, 1.54) is 16.3 Å².